The number of halogens is 1. The molecule has 0 radical (unpaired) electrons. The molecule has 2 heterocycles. The van der Waals surface area contributed by atoms with E-state index in [2.05, 4.69) is 21.6 Å². The Balaban J connectivity index is 1.63. The summed E-state index contributed by atoms with van der Waals surface area (Å²) in [5.74, 6) is 0.157. The van der Waals surface area contributed by atoms with Crippen LogP contribution < -0.4 is 0 Å². The molecular formula is C13H17FNO3P. The van der Waals surface area contributed by atoms with Gasteiger partial charge in [0.25, 0.3) is 0 Å². The lowest BCUT2D eigenvalue weighted by Gasteiger charge is -2.40. The molecule has 0 N–H and O–H groups in total. The Bertz CT molecular complexity index is 484. The van der Waals surface area contributed by atoms with Gasteiger partial charge in [-0.3, -0.25) is 13.9 Å². The Kier molecular flexibility index (Phi) is 3.72. The van der Waals surface area contributed by atoms with Crippen LogP contribution in [0.3, 0.4) is 0 Å². The Morgan fingerprint density at radius 2 is 2.16 bits per heavy atom. The molecule has 1 aromatic carbocycles. The molecule has 0 saturated carbocycles. The summed E-state index contributed by atoms with van der Waals surface area (Å²) >= 11 is 0. The monoisotopic (exact) mass is 285 g/mol. The second-order valence-corrected chi connectivity index (χ2v) is 6.47. The first kappa shape index (κ1) is 13.3. The van der Waals surface area contributed by atoms with Crippen LogP contribution in [0.25, 0.3) is 0 Å². The molecule has 0 spiro atoms. The Morgan fingerprint density at radius 1 is 1.37 bits per heavy atom. The number of likely N-dealkylation sites (tertiary alicyclic amines) is 1. The Morgan fingerprint density at radius 3 is 2.95 bits per heavy atom. The van der Waals surface area contributed by atoms with Gasteiger partial charge in [-0.15, -0.1) is 4.20 Å². The second kappa shape index (κ2) is 5.33. The molecule has 2 aliphatic heterocycles. The maximum Gasteiger partial charge on any atom is 0.513 e. The van der Waals surface area contributed by atoms with Crippen molar-refractivity contribution < 1.29 is 17.8 Å². The number of fused-ring (bicyclic) bond motifs is 1. The fourth-order valence-electron chi connectivity index (χ4n) is 2.70. The first-order chi connectivity index (χ1) is 9.12. The van der Waals surface area contributed by atoms with E-state index in [9.17, 15) is 8.76 Å². The highest BCUT2D eigenvalue weighted by Gasteiger charge is 2.42. The smallest absolute Gasteiger partial charge is 0.296 e. The highest BCUT2D eigenvalue weighted by molar-refractivity contribution is 7.48. The van der Waals surface area contributed by atoms with Crippen LogP contribution in [-0.2, 0) is 20.2 Å². The van der Waals surface area contributed by atoms with Gasteiger partial charge in [-0.2, -0.15) is 0 Å². The van der Waals surface area contributed by atoms with Crippen molar-refractivity contribution in [3.05, 3.63) is 35.9 Å². The normalized spacial score (nSPS) is 35.8. The third-order valence-electron chi connectivity index (χ3n) is 3.73. The predicted octanol–water partition coefficient (Wildman–Crippen LogP) is 3.00. The van der Waals surface area contributed by atoms with Gasteiger partial charge in [0.1, 0.15) is 0 Å². The quantitative estimate of drug-likeness (QED) is 0.783. The van der Waals surface area contributed by atoms with Gasteiger partial charge in [0.05, 0.1) is 12.7 Å². The lowest BCUT2D eigenvalue weighted by molar-refractivity contribution is -0.0378. The lowest BCUT2D eigenvalue weighted by atomic mass is 9.94. The van der Waals surface area contributed by atoms with E-state index < -0.39 is 7.91 Å². The fourth-order valence-corrected chi connectivity index (χ4v) is 3.69. The van der Waals surface area contributed by atoms with Crippen molar-refractivity contribution >= 4 is 7.91 Å². The third kappa shape index (κ3) is 3.23. The highest BCUT2D eigenvalue weighted by atomic mass is 31.2. The first-order valence-electron chi connectivity index (χ1n) is 6.51. The van der Waals surface area contributed by atoms with Crippen molar-refractivity contribution in [1.29, 1.82) is 0 Å². The Labute approximate surface area is 112 Å². The van der Waals surface area contributed by atoms with E-state index in [1.807, 2.05) is 18.2 Å². The summed E-state index contributed by atoms with van der Waals surface area (Å²) in [4.78, 5) is 2.21. The van der Waals surface area contributed by atoms with Crippen LogP contribution in [0.1, 0.15) is 12.0 Å². The predicted molar refractivity (Wildman–Crippen MR) is 69.4 cm³/mol. The molecule has 3 rings (SSSR count). The molecule has 4 nitrogen and oxygen atoms in total. The number of piperidine rings is 1. The molecule has 104 valence electrons. The molecule has 0 unspecified atom stereocenters. The molecule has 0 amide bonds. The summed E-state index contributed by atoms with van der Waals surface area (Å²) in [5.41, 5.74) is 1.22. The van der Waals surface area contributed by atoms with Gasteiger partial charge in [0.15, 0.2) is 0 Å². The fraction of sp³-hybridized carbons (Fsp3) is 0.538. The van der Waals surface area contributed by atoms with Crippen LogP contribution in [0.5, 0.6) is 0 Å². The van der Waals surface area contributed by atoms with Crippen LogP contribution in [-0.4, -0.2) is 30.7 Å². The van der Waals surface area contributed by atoms with Crippen LogP contribution in [0, 0.1) is 5.92 Å². The number of nitrogens with zero attached hydrogens (tertiary/aromatic N) is 1. The highest BCUT2D eigenvalue weighted by Crippen LogP contribution is 2.55. The van der Waals surface area contributed by atoms with Gasteiger partial charge in [-0.05, 0) is 18.5 Å². The summed E-state index contributed by atoms with van der Waals surface area (Å²) in [6, 6.07) is 10.1. The molecule has 2 fully saturated rings. The van der Waals surface area contributed by atoms with E-state index in [0.29, 0.717) is 6.54 Å². The number of hydrogen-bond donors (Lipinski definition) is 0. The van der Waals surface area contributed by atoms with E-state index in [-0.39, 0.29) is 18.6 Å². The van der Waals surface area contributed by atoms with Crippen molar-refractivity contribution in [2.24, 2.45) is 5.92 Å². The van der Waals surface area contributed by atoms with E-state index in [4.69, 9.17) is 4.52 Å². The molecule has 0 bridgehead atoms. The molecule has 19 heavy (non-hydrogen) atoms. The average Bonchev–Trinajstić information content (AvgIpc) is 2.38. The van der Waals surface area contributed by atoms with Gasteiger partial charge < -0.3 is 0 Å². The maximum absolute atomic E-state index is 13.3. The van der Waals surface area contributed by atoms with E-state index >= 15 is 0 Å². The van der Waals surface area contributed by atoms with Gasteiger partial charge in [0, 0.05) is 19.0 Å². The van der Waals surface area contributed by atoms with Crippen molar-refractivity contribution in [1.82, 2.24) is 4.90 Å². The number of benzene rings is 1. The zero-order valence-corrected chi connectivity index (χ0v) is 11.5. The van der Waals surface area contributed by atoms with Crippen molar-refractivity contribution in [2.45, 2.75) is 19.1 Å². The third-order valence-corrected chi connectivity index (χ3v) is 4.71. The van der Waals surface area contributed by atoms with Crippen molar-refractivity contribution in [2.75, 3.05) is 19.7 Å². The standard InChI is InChI=1S/C13H17FNO3P/c14-19(16)17-10-12-6-7-15(9-13(12)18-19)8-11-4-2-1-3-5-11/h1-5,12-13H,6-10H2/t12-,13-,19+/m1/s1. The minimum atomic E-state index is -4.31. The largest absolute Gasteiger partial charge is 0.513 e. The van der Waals surface area contributed by atoms with Crippen LogP contribution in [0.4, 0.5) is 4.20 Å². The molecular weight excluding hydrogens is 268 g/mol. The molecule has 0 aliphatic carbocycles. The number of rotatable bonds is 2. The minimum absolute atomic E-state index is 0.157. The van der Waals surface area contributed by atoms with Crippen molar-refractivity contribution in [3.63, 3.8) is 0 Å². The maximum atomic E-state index is 13.3. The van der Waals surface area contributed by atoms with Gasteiger partial charge in [-0.25, -0.2) is 4.57 Å². The topological polar surface area (TPSA) is 38.8 Å². The second-order valence-electron chi connectivity index (χ2n) is 5.14. The molecule has 3 atom stereocenters. The van der Waals surface area contributed by atoms with Crippen LogP contribution in [0.2, 0.25) is 0 Å². The lowest BCUT2D eigenvalue weighted by Crippen LogP contribution is -2.47. The zero-order chi connectivity index (χ0) is 13.3. The SMILES string of the molecule is O=[P@@]1(F)OC[C@H]2CCN(Cc3ccccc3)C[C@H]2O1. The molecule has 2 aliphatic rings. The van der Waals surface area contributed by atoms with Crippen LogP contribution >= 0.6 is 7.91 Å². The van der Waals surface area contributed by atoms with Gasteiger partial charge in [0.2, 0.25) is 0 Å². The van der Waals surface area contributed by atoms with Gasteiger partial charge in [-0.1, -0.05) is 30.3 Å². The summed E-state index contributed by atoms with van der Waals surface area (Å²) in [5, 5.41) is 0. The van der Waals surface area contributed by atoms with Gasteiger partial charge >= 0.3 is 7.91 Å². The molecule has 6 heteroatoms. The Hall–Kier alpha value is -0.740. The minimum Gasteiger partial charge on any atom is -0.296 e. The number of hydrogen-bond acceptors (Lipinski definition) is 4. The summed E-state index contributed by atoms with van der Waals surface area (Å²) in [6.45, 7) is 2.55. The molecule has 0 aromatic heterocycles. The molecule has 2 saturated heterocycles. The van der Waals surface area contributed by atoms with E-state index in [0.717, 1.165) is 19.5 Å². The molecule has 1 aromatic rings. The van der Waals surface area contributed by atoms with Crippen molar-refractivity contribution in [3.8, 4) is 0 Å². The first-order valence-corrected chi connectivity index (χ1v) is 7.95. The summed E-state index contributed by atoms with van der Waals surface area (Å²) < 4.78 is 34.1. The summed E-state index contributed by atoms with van der Waals surface area (Å²) in [7, 11) is -4.31. The van der Waals surface area contributed by atoms with E-state index in [1.54, 1.807) is 0 Å². The van der Waals surface area contributed by atoms with Crippen LogP contribution in [0.15, 0.2) is 30.3 Å². The summed E-state index contributed by atoms with van der Waals surface area (Å²) in [6.07, 6.45) is 0.569. The van der Waals surface area contributed by atoms with E-state index in [1.165, 1.54) is 5.56 Å². The average molecular weight is 285 g/mol. The zero-order valence-electron chi connectivity index (χ0n) is 10.6.